The van der Waals surface area contributed by atoms with Crippen molar-refractivity contribution in [1.82, 2.24) is 9.97 Å². The summed E-state index contributed by atoms with van der Waals surface area (Å²) >= 11 is 0. The molecule has 0 atom stereocenters. The standard InChI is InChI=1S/C9H12N2O2/c1-6(2)3-7-4-10-5-8(11-7)9(12)13/h4-6H,3H2,1-2H3,(H,12,13). The van der Waals surface area contributed by atoms with Crippen LogP contribution in [0.4, 0.5) is 0 Å². The van der Waals surface area contributed by atoms with E-state index >= 15 is 0 Å². The van der Waals surface area contributed by atoms with Crippen molar-refractivity contribution in [3.8, 4) is 0 Å². The fraction of sp³-hybridized carbons (Fsp3) is 0.444. The van der Waals surface area contributed by atoms with Crippen molar-refractivity contribution < 1.29 is 9.90 Å². The lowest BCUT2D eigenvalue weighted by Gasteiger charge is -2.03. The second-order valence-electron chi connectivity index (χ2n) is 3.30. The van der Waals surface area contributed by atoms with E-state index in [0.717, 1.165) is 12.1 Å². The molecule has 0 fully saturated rings. The number of hydrogen-bond acceptors (Lipinski definition) is 3. The summed E-state index contributed by atoms with van der Waals surface area (Å²) in [7, 11) is 0. The van der Waals surface area contributed by atoms with Gasteiger partial charge in [-0.25, -0.2) is 9.78 Å². The molecule has 1 rings (SSSR count). The largest absolute Gasteiger partial charge is 0.476 e. The lowest BCUT2D eigenvalue weighted by molar-refractivity contribution is 0.0689. The lowest BCUT2D eigenvalue weighted by Crippen LogP contribution is -2.05. The first-order valence-corrected chi connectivity index (χ1v) is 4.14. The molecular formula is C9H12N2O2. The number of aromatic carboxylic acids is 1. The molecule has 4 heteroatoms. The maximum absolute atomic E-state index is 10.5. The summed E-state index contributed by atoms with van der Waals surface area (Å²) in [4.78, 5) is 18.3. The first-order valence-electron chi connectivity index (χ1n) is 4.14. The predicted octanol–water partition coefficient (Wildman–Crippen LogP) is 1.37. The van der Waals surface area contributed by atoms with E-state index in [1.54, 1.807) is 6.20 Å². The highest BCUT2D eigenvalue weighted by Crippen LogP contribution is 2.04. The molecule has 0 radical (unpaired) electrons. The number of rotatable bonds is 3. The van der Waals surface area contributed by atoms with Crippen LogP contribution in [0, 0.1) is 5.92 Å². The highest BCUT2D eigenvalue weighted by atomic mass is 16.4. The van der Waals surface area contributed by atoms with Gasteiger partial charge in [0.2, 0.25) is 0 Å². The molecule has 0 aromatic carbocycles. The summed E-state index contributed by atoms with van der Waals surface area (Å²) in [6, 6.07) is 0. The van der Waals surface area contributed by atoms with E-state index < -0.39 is 5.97 Å². The summed E-state index contributed by atoms with van der Waals surface area (Å²) in [5, 5.41) is 8.64. The van der Waals surface area contributed by atoms with Gasteiger partial charge in [-0.05, 0) is 12.3 Å². The van der Waals surface area contributed by atoms with Crippen LogP contribution < -0.4 is 0 Å². The Morgan fingerprint density at radius 3 is 2.77 bits per heavy atom. The van der Waals surface area contributed by atoms with Crippen LogP contribution in [-0.4, -0.2) is 21.0 Å². The third-order valence-electron chi connectivity index (χ3n) is 1.52. The molecule has 0 saturated carbocycles. The number of carbonyl (C=O) groups is 1. The number of carboxylic acid groups (broad SMARTS) is 1. The molecule has 70 valence electrons. The van der Waals surface area contributed by atoms with Gasteiger partial charge in [0.25, 0.3) is 0 Å². The van der Waals surface area contributed by atoms with E-state index in [1.807, 2.05) is 0 Å². The Morgan fingerprint density at radius 2 is 2.23 bits per heavy atom. The Balaban J connectivity index is 2.85. The molecule has 0 aliphatic carbocycles. The van der Waals surface area contributed by atoms with Gasteiger partial charge in [0.15, 0.2) is 5.69 Å². The molecule has 4 nitrogen and oxygen atoms in total. The van der Waals surface area contributed by atoms with Crippen LogP contribution in [0.1, 0.15) is 30.0 Å². The highest BCUT2D eigenvalue weighted by Gasteiger charge is 2.06. The average Bonchev–Trinajstić information content (AvgIpc) is 2.03. The van der Waals surface area contributed by atoms with Crippen LogP contribution in [-0.2, 0) is 6.42 Å². The van der Waals surface area contributed by atoms with Crippen LogP contribution >= 0.6 is 0 Å². The summed E-state index contributed by atoms with van der Waals surface area (Å²) in [6.07, 6.45) is 3.62. The minimum Gasteiger partial charge on any atom is -0.476 e. The SMILES string of the molecule is CC(C)Cc1cncc(C(=O)O)n1. The van der Waals surface area contributed by atoms with Crippen molar-refractivity contribution in [1.29, 1.82) is 0 Å². The third-order valence-corrected chi connectivity index (χ3v) is 1.52. The lowest BCUT2D eigenvalue weighted by atomic mass is 10.1. The van der Waals surface area contributed by atoms with Crippen molar-refractivity contribution in [2.24, 2.45) is 5.92 Å². The van der Waals surface area contributed by atoms with E-state index in [0.29, 0.717) is 5.92 Å². The molecule has 1 N–H and O–H groups in total. The topological polar surface area (TPSA) is 63.1 Å². The second kappa shape index (κ2) is 3.98. The fourth-order valence-corrected chi connectivity index (χ4v) is 1.03. The predicted molar refractivity (Wildman–Crippen MR) is 47.5 cm³/mol. The maximum Gasteiger partial charge on any atom is 0.356 e. The monoisotopic (exact) mass is 180 g/mol. The van der Waals surface area contributed by atoms with Gasteiger partial charge in [0.1, 0.15) is 0 Å². The summed E-state index contributed by atoms with van der Waals surface area (Å²) in [5.41, 5.74) is 0.744. The van der Waals surface area contributed by atoms with Crippen LogP contribution in [0.3, 0.4) is 0 Å². The molecule has 1 aromatic heterocycles. The van der Waals surface area contributed by atoms with Gasteiger partial charge in [0, 0.05) is 6.20 Å². The van der Waals surface area contributed by atoms with Crippen molar-refractivity contribution in [3.05, 3.63) is 23.8 Å². The van der Waals surface area contributed by atoms with Crippen molar-refractivity contribution in [2.45, 2.75) is 20.3 Å². The summed E-state index contributed by atoms with van der Waals surface area (Å²) in [6.45, 7) is 4.10. The zero-order valence-corrected chi connectivity index (χ0v) is 7.69. The van der Waals surface area contributed by atoms with Crippen molar-refractivity contribution in [2.75, 3.05) is 0 Å². The molecule has 0 aliphatic heterocycles. The van der Waals surface area contributed by atoms with Crippen molar-refractivity contribution >= 4 is 5.97 Å². The molecule has 1 aromatic rings. The quantitative estimate of drug-likeness (QED) is 0.763. The van der Waals surface area contributed by atoms with Gasteiger partial charge >= 0.3 is 5.97 Å². The Labute approximate surface area is 76.7 Å². The zero-order valence-electron chi connectivity index (χ0n) is 7.69. The Hall–Kier alpha value is -1.45. The van der Waals surface area contributed by atoms with E-state index in [-0.39, 0.29) is 5.69 Å². The van der Waals surface area contributed by atoms with Gasteiger partial charge in [-0.15, -0.1) is 0 Å². The third kappa shape index (κ3) is 2.82. The Bertz CT molecular complexity index is 310. The summed E-state index contributed by atoms with van der Waals surface area (Å²) in [5.74, 6) is -0.573. The van der Waals surface area contributed by atoms with Crippen LogP contribution in [0.25, 0.3) is 0 Å². The number of aromatic nitrogens is 2. The molecule has 1 heterocycles. The molecule has 0 spiro atoms. The maximum atomic E-state index is 10.5. The number of carboxylic acids is 1. The molecule has 13 heavy (non-hydrogen) atoms. The number of hydrogen-bond donors (Lipinski definition) is 1. The average molecular weight is 180 g/mol. The van der Waals surface area contributed by atoms with E-state index in [1.165, 1.54) is 6.20 Å². The highest BCUT2D eigenvalue weighted by molar-refractivity contribution is 5.84. The summed E-state index contributed by atoms with van der Waals surface area (Å²) < 4.78 is 0. The Kier molecular flexibility index (Phi) is 2.95. The zero-order chi connectivity index (χ0) is 9.84. The first-order chi connectivity index (χ1) is 6.09. The van der Waals surface area contributed by atoms with Gasteiger partial charge in [0.05, 0.1) is 11.9 Å². The van der Waals surface area contributed by atoms with Gasteiger partial charge < -0.3 is 5.11 Å². The van der Waals surface area contributed by atoms with E-state index in [9.17, 15) is 4.79 Å². The molecular weight excluding hydrogens is 168 g/mol. The Morgan fingerprint density at radius 1 is 1.54 bits per heavy atom. The molecule has 0 unspecified atom stereocenters. The van der Waals surface area contributed by atoms with Crippen molar-refractivity contribution in [3.63, 3.8) is 0 Å². The van der Waals surface area contributed by atoms with Gasteiger partial charge in [-0.3, -0.25) is 4.98 Å². The molecule has 0 saturated heterocycles. The van der Waals surface area contributed by atoms with E-state index in [2.05, 4.69) is 23.8 Å². The smallest absolute Gasteiger partial charge is 0.356 e. The van der Waals surface area contributed by atoms with E-state index in [4.69, 9.17) is 5.11 Å². The molecule has 0 bridgehead atoms. The normalized spacial score (nSPS) is 10.4. The minimum atomic E-state index is -1.03. The van der Waals surface area contributed by atoms with Gasteiger partial charge in [-0.1, -0.05) is 13.8 Å². The molecule has 0 amide bonds. The first kappa shape index (κ1) is 9.64. The van der Waals surface area contributed by atoms with Gasteiger partial charge in [-0.2, -0.15) is 0 Å². The van der Waals surface area contributed by atoms with Crippen LogP contribution in [0.5, 0.6) is 0 Å². The molecule has 0 aliphatic rings. The minimum absolute atomic E-state index is 0.0122. The van der Waals surface area contributed by atoms with Crippen LogP contribution in [0.15, 0.2) is 12.4 Å². The second-order valence-corrected chi connectivity index (χ2v) is 3.30. The van der Waals surface area contributed by atoms with Crippen LogP contribution in [0.2, 0.25) is 0 Å². The number of nitrogens with zero attached hydrogens (tertiary/aromatic N) is 2. The fourth-order valence-electron chi connectivity index (χ4n) is 1.03.